The lowest BCUT2D eigenvalue weighted by atomic mass is 9.85. The SMILES string of the molecule is Cc1onc2c1c(=O)n(C1CCCC(CNC(=O)O)C1)c1cc(C(F)(F)F)cnc21. The summed E-state index contributed by atoms with van der Waals surface area (Å²) in [6.45, 7) is 1.79. The number of hydrogen-bond donors (Lipinski definition) is 2. The summed E-state index contributed by atoms with van der Waals surface area (Å²) < 4.78 is 46.5. The van der Waals surface area contributed by atoms with Crippen LogP contribution in [0, 0.1) is 12.8 Å². The van der Waals surface area contributed by atoms with Crippen molar-refractivity contribution < 1.29 is 27.6 Å². The lowest BCUT2D eigenvalue weighted by Gasteiger charge is -2.31. The Hall–Kier alpha value is -3.11. The molecule has 3 aromatic rings. The van der Waals surface area contributed by atoms with Crippen molar-refractivity contribution in [3.63, 3.8) is 0 Å². The van der Waals surface area contributed by atoms with Gasteiger partial charge in [-0.25, -0.2) is 4.79 Å². The van der Waals surface area contributed by atoms with E-state index in [0.29, 0.717) is 12.8 Å². The van der Waals surface area contributed by atoms with Crippen LogP contribution < -0.4 is 10.9 Å². The lowest BCUT2D eigenvalue weighted by Crippen LogP contribution is -2.34. The van der Waals surface area contributed by atoms with Crippen LogP contribution in [0.4, 0.5) is 18.0 Å². The van der Waals surface area contributed by atoms with Gasteiger partial charge in [0.25, 0.3) is 5.56 Å². The summed E-state index contributed by atoms with van der Waals surface area (Å²) in [6.07, 6.45) is -2.49. The molecule has 0 aromatic carbocycles. The number of pyridine rings is 2. The molecular weight excluding hydrogens is 405 g/mol. The topological polar surface area (TPSA) is 110 Å². The Morgan fingerprint density at radius 2 is 2.13 bits per heavy atom. The van der Waals surface area contributed by atoms with Gasteiger partial charge in [0.05, 0.1) is 11.1 Å². The molecule has 1 saturated carbocycles. The molecule has 1 aliphatic carbocycles. The maximum atomic E-state index is 13.3. The monoisotopic (exact) mass is 424 g/mol. The Morgan fingerprint density at radius 3 is 2.83 bits per heavy atom. The molecule has 11 heteroatoms. The second-order valence-corrected chi connectivity index (χ2v) is 7.60. The van der Waals surface area contributed by atoms with E-state index in [1.807, 2.05) is 0 Å². The van der Waals surface area contributed by atoms with Gasteiger partial charge in [-0.05, 0) is 38.2 Å². The maximum absolute atomic E-state index is 13.3. The number of amides is 1. The van der Waals surface area contributed by atoms with Crippen LogP contribution in [0.5, 0.6) is 0 Å². The molecule has 1 fully saturated rings. The van der Waals surface area contributed by atoms with Crippen LogP contribution in [0.2, 0.25) is 0 Å². The average Bonchev–Trinajstić information content (AvgIpc) is 3.08. The largest absolute Gasteiger partial charge is 0.465 e. The van der Waals surface area contributed by atoms with E-state index in [1.165, 1.54) is 4.57 Å². The summed E-state index contributed by atoms with van der Waals surface area (Å²) in [5, 5.41) is 15.2. The van der Waals surface area contributed by atoms with Gasteiger partial charge in [-0.1, -0.05) is 11.6 Å². The van der Waals surface area contributed by atoms with Crippen molar-refractivity contribution >= 4 is 28.0 Å². The summed E-state index contributed by atoms with van der Waals surface area (Å²) in [6, 6.07) is 0.532. The number of aromatic nitrogens is 3. The molecule has 0 saturated heterocycles. The Morgan fingerprint density at radius 1 is 1.37 bits per heavy atom. The standard InChI is InChI=1S/C19H19F3N4O4/c1-9-14-16(25-30-9)15-13(6-11(8-23-15)19(20,21)22)26(17(14)27)12-4-2-3-10(5-12)7-24-18(28)29/h6,8,10,12,24H,2-5,7H2,1H3,(H,28,29). The van der Waals surface area contributed by atoms with E-state index in [4.69, 9.17) is 9.63 Å². The average molecular weight is 424 g/mol. The van der Waals surface area contributed by atoms with Crippen LogP contribution in [0.15, 0.2) is 21.6 Å². The van der Waals surface area contributed by atoms with E-state index in [-0.39, 0.29) is 40.2 Å². The summed E-state index contributed by atoms with van der Waals surface area (Å²) in [5.74, 6) is 0.243. The van der Waals surface area contributed by atoms with Gasteiger partial charge >= 0.3 is 12.3 Å². The van der Waals surface area contributed by atoms with Gasteiger partial charge in [0.1, 0.15) is 22.2 Å². The zero-order valence-corrected chi connectivity index (χ0v) is 16.0. The van der Waals surface area contributed by atoms with Gasteiger partial charge in [-0.2, -0.15) is 13.2 Å². The summed E-state index contributed by atoms with van der Waals surface area (Å²) in [5.41, 5.74) is -1.08. The van der Waals surface area contributed by atoms with Gasteiger partial charge in [-0.15, -0.1) is 0 Å². The van der Waals surface area contributed by atoms with Crippen molar-refractivity contribution in [2.45, 2.75) is 44.8 Å². The predicted octanol–water partition coefficient (Wildman–Crippen LogP) is 3.86. The van der Waals surface area contributed by atoms with Gasteiger partial charge in [0.15, 0.2) is 0 Å². The zero-order valence-electron chi connectivity index (χ0n) is 16.0. The minimum Gasteiger partial charge on any atom is -0.465 e. The van der Waals surface area contributed by atoms with E-state index >= 15 is 0 Å². The van der Waals surface area contributed by atoms with Crippen molar-refractivity contribution in [2.75, 3.05) is 6.54 Å². The normalized spacial score (nSPS) is 20.0. The Labute approximate surface area is 167 Å². The molecule has 2 N–H and O–H groups in total. The number of rotatable bonds is 3. The van der Waals surface area contributed by atoms with Crippen molar-refractivity contribution in [1.82, 2.24) is 20.0 Å². The van der Waals surface area contributed by atoms with Gasteiger partial charge in [0.2, 0.25) is 0 Å². The lowest BCUT2D eigenvalue weighted by molar-refractivity contribution is -0.137. The Bertz CT molecular complexity index is 1180. The molecule has 30 heavy (non-hydrogen) atoms. The molecule has 0 bridgehead atoms. The van der Waals surface area contributed by atoms with Crippen LogP contribution in [0.3, 0.4) is 0 Å². The van der Waals surface area contributed by atoms with Crippen molar-refractivity contribution in [2.24, 2.45) is 5.92 Å². The predicted molar refractivity (Wildman–Crippen MR) is 100 cm³/mol. The first kappa shape index (κ1) is 20.2. The minimum atomic E-state index is -4.61. The van der Waals surface area contributed by atoms with Crippen molar-refractivity contribution in [3.8, 4) is 0 Å². The van der Waals surface area contributed by atoms with Crippen LogP contribution in [0.1, 0.15) is 43.0 Å². The van der Waals surface area contributed by atoms with E-state index in [0.717, 1.165) is 25.1 Å². The van der Waals surface area contributed by atoms with E-state index in [2.05, 4.69) is 15.5 Å². The highest BCUT2D eigenvalue weighted by Gasteiger charge is 2.33. The maximum Gasteiger partial charge on any atom is 0.417 e. The quantitative estimate of drug-likeness (QED) is 0.661. The number of aryl methyl sites for hydroxylation is 1. The number of nitrogens with one attached hydrogen (secondary N) is 1. The highest BCUT2D eigenvalue weighted by molar-refractivity contribution is 6.01. The molecule has 2 unspecified atom stereocenters. The minimum absolute atomic E-state index is 0.0279. The fourth-order valence-electron chi connectivity index (χ4n) is 4.27. The first-order valence-electron chi connectivity index (χ1n) is 9.51. The second kappa shape index (κ2) is 7.29. The Kier molecular flexibility index (Phi) is 4.91. The zero-order chi connectivity index (χ0) is 21.6. The second-order valence-electron chi connectivity index (χ2n) is 7.60. The van der Waals surface area contributed by atoms with Crippen LogP contribution in [0.25, 0.3) is 21.9 Å². The van der Waals surface area contributed by atoms with Crippen LogP contribution in [-0.4, -0.2) is 32.5 Å². The first-order valence-corrected chi connectivity index (χ1v) is 9.51. The fourth-order valence-corrected chi connectivity index (χ4v) is 4.27. The number of halogens is 3. The third-order valence-electron chi connectivity index (χ3n) is 5.64. The molecule has 8 nitrogen and oxygen atoms in total. The number of alkyl halides is 3. The fraction of sp³-hybridized carbons (Fsp3) is 0.474. The molecule has 3 aromatic heterocycles. The third-order valence-corrected chi connectivity index (χ3v) is 5.64. The smallest absolute Gasteiger partial charge is 0.417 e. The molecule has 1 aliphatic rings. The van der Waals surface area contributed by atoms with Gasteiger partial charge in [0, 0.05) is 18.8 Å². The molecule has 0 radical (unpaired) electrons. The highest BCUT2D eigenvalue weighted by atomic mass is 19.4. The number of nitrogens with zero attached hydrogens (tertiary/aromatic N) is 3. The van der Waals surface area contributed by atoms with Gasteiger partial charge < -0.3 is 19.5 Å². The third kappa shape index (κ3) is 3.48. The highest BCUT2D eigenvalue weighted by Crippen LogP contribution is 2.36. The number of carbonyl (C=O) groups is 1. The molecule has 1 amide bonds. The summed E-state index contributed by atoms with van der Waals surface area (Å²) in [4.78, 5) is 28.1. The van der Waals surface area contributed by atoms with Gasteiger partial charge in [-0.3, -0.25) is 9.78 Å². The van der Waals surface area contributed by atoms with E-state index in [1.54, 1.807) is 6.92 Å². The van der Waals surface area contributed by atoms with E-state index in [9.17, 15) is 22.8 Å². The molecule has 0 aliphatic heterocycles. The van der Waals surface area contributed by atoms with Crippen molar-refractivity contribution in [1.29, 1.82) is 0 Å². The summed E-state index contributed by atoms with van der Waals surface area (Å²) >= 11 is 0. The molecule has 3 heterocycles. The Balaban J connectivity index is 1.89. The number of hydrogen-bond acceptors (Lipinski definition) is 5. The number of fused-ring (bicyclic) bond motifs is 3. The molecular formula is C19H19F3N4O4. The molecule has 0 spiro atoms. The molecule has 2 atom stereocenters. The number of carboxylic acid groups (broad SMARTS) is 1. The van der Waals surface area contributed by atoms with Crippen LogP contribution >= 0.6 is 0 Å². The van der Waals surface area contributed by atoms with E-state index < -0.39 is 29.4 Å². The summed E-state index contributed by atoms with van der Waals surface area (Å²) in [7, 11) is 0. The van der Waals surface area contributed by atoms with Crippen molar-refractivity contribution in [3.05, 3.63) is 33.9 Å². The first-order chi connectivity index (χ1) is 14.2. The molecule has 4 rings (SSSR count). The van der Waals surface area contributed by atoms with Crippen LogP contribution in [-0.2, 0) is 6.18 Å². The molecule has 160 valence electrons.